The molecule has 5 nitrogen and oxygen atoms in total. The van der Waals surface area contributed by atoms with Crippen molar-refractivity contribution in [2.75, 3.05) is 0 Å². The van der Waals surface area contributed by atoms with Crippen molar-refractivity contribution in [1.82, 2.24) is 14.8 Å². The van der Waals surface area contributed by atoms with Crippen LogP contribution in [0.4, 0.5) is 0 Å². The Kier molecular flexibility index (Phi) is 3.14. The van der Waals surface area contributed by atoms with Crippen molar-refractivity contribution in [3.63, 3.8) is 0 Å². The van der Waals surface area contributed by atoms with E-state index in [0.717, 1.165) is 17.8 Å². The van der Waals surface area contributed by atoms with Gasteiger partial charge in [-0.1, -0.05) is 6.92 Å². The quantitative estimate of drug-likeness (QED) is 0.636. The lowest BCUT2D eigenvalue weighted by molar-refractivity contribution is 0.802. The van der Waals surface area contributed by atoms with Crippen LogP contribution in [-0.4, -0.2) is 20.6 Å². The van der Waals surface area contributed by atoms with Gasteiger partial charge in [-0.25, -0.2) is 9.67 Å². The summed E-state index contributed by atoms with van der Waals surface area (Å²) in [5.74, 6) is 0.619. The average molecular weight is 243 g/mol. The number of amidine groups is 1. The van der Waals surface area contributed by atoms with Crippen molar-refractivity contribution in [2.24, 2.45) is 5.73 Å². The van der Waals surface area contributed by atoms with Gasteiger partial charge < -0.3 is 5.73 Å². The van der Waals surface area contributed by atoms with E-state index in [2.05, 4.69) is 17.0 Å². The topological polar surface area (TPSA) is 80.6 Å². The molecule has 0 atom stereocenters. The molecule has 94 valence electrons. The van der Waals surface area contributed by atoms with Crippen molar-refractivity contribution < 1.29 is 0 Å². The summed E-state index contributed by atoms with van der Waals surface area (Å²) in [5, 5.41) is 12.1. The number of hydrogen-bond acceptors (Lipinski definition) is 3. The Balaban J connectivity index is 2.66. The van der Waals surface area contributed by atoms with E-state index in [1.807, 2.05) is 13.8 Å². The molecule has 0 saturated carbocycles. The second-order valence-electron chi connectivity index (χ2n) is 4.20. The summed E-state index contributed by atoms with van der Waals surface area (Å²) < 4.78 is 1.77. The molecule has 5 heteroatoms. The third kappa shape index (κ3) is 1.88. The number of nitrogens with zero attached hydrogens (tertiary/aromatic N) is 3. The minimum absolute atomic E-state index is 0.00343. The van der Waals surface area contributed by atoms with Gasteiger partial charge in [0.25, 0.3) is 0 Å². The molecule has 0 aliphatic heterocycles. The molecule has 0 bridgehead atoms. The van der Waals surface area contributed by atoms with Crippen LogP contribution in [0.2, 0.25) is 0 Å². The number of nitrogens with one attached hydrogen (secondary N) is 1. The second kappa shape index (κ2) is 4.60. The fourth-order valence-electron chi connectivity index (χ4n) is 2.17. The summed E-state index contributed by atoms with van der Waals surface area (Å²) in [6.07, 6.45) is 2.61. The maximum absolute atomic E-state index is 7.60. The highest BCUT2D eigenvalue weighted by atomic mass is 15.3. The fourth-order valence-corrected chi connectivity index (χ4v) is 2.17. The summed E-state index contributed by atoms with van der Waals surface area (Å²) in [6.45, 7) is 6.10. The zero-order valence-corrected chi connectivity index (χ0v) is 10.9. The summed E-state index contributed by atoms with van der Waals surface area (Å²) in [6, 6.07) is 3.55. The van der Waals surface area contributed by atoms with E-state index < -0.39 is 0 Å². The normalized spacial score (nSPS) is 10.6. The molecule has 2 aromatic rings. The highest BCUT2D eigenvalue weighted by Gasteiger charge is 2.15. The van der Waals surface area contributed by atoms with Crippen molar-refractivity contribution >= 4 is 5.84 Å². The largest absolute Gasteiger partial charge is 0.384 e. The van der Waals surface area contributed by atoms with Gasteiger partial charge in [0, 0.05) is 11.9 Å². The van der Waals surface area contributed by atoms with Gasteiger partial charge in [-0.15, -0.1) is 0 Å². The molecule has 2 heterocycles. The first-order chi connectivity index (χ1) is 8.56. The molecule has 0 aromatic carbocycles. The minimum atomic E-state index is 0.00343. The zero-order chi connectivity index (χ0) is 13.3. The number of nitrogens with two attached hydrogens (primary N) is 1. The summed E-state index contributed by atoms with van der Waals surface area (Å²) in [4.78, 5) is 4.30. The molecule has 0 aliphatic rings. The Morgan fingerprint density at radius 2 is 2.17 bits per heavy atom. The maximum atomic E-state index is 7.60. The van der Waals surface area contributed by atoms with Crippen molar-refractivity contribution in [2.45, 2.75) is 27.2 Å². The Morgan fingerprint density at radius 3 is 2.72 bits per heavy atom. The fraction of sp³-hybridized carbons (Fsp3) is 0.308. The molecular formula is C13H17N5. The van der Waals surface area contributed by atoms with Crippen LogP contribution in [0.15, 0.2) is 18.3 Å². The number of rotatable bonds is 3. The molecule has 0 fully saturated rings. The van der Waals surface area contributed by atoms with E-state index in [1.165, 1.54) is 5.56 Å². The molecule has 0 spiro atoms. The summed E-state index contributed by atoms with van der Waals surface area (Å²) >= 11 is 0. The van der Waals surface area contributed by atoms with Gasteiger partial charge in [0.1, 0.15) is 5.84 Å². The highest BCUT2D eigenvalue weighted by Crippen LogP contribution is 2.19. The van der Waals surface area contributed by atoms with Crippen LogP contribution in [0.1, 0.15) is 29.4 Å². The molecule has 2 aromatic heterocycles. The van der Waals surface area contributed by atoms with Crippen LogP contribution >= 0.6 is 0 Å². The Labute approximate surface area is 106 Å². The number of nitrogen functional groups attached to an aromatic ring is 1. The molecule has 0 saturated heterocycles. The summed E-state index contributed by atoms with van der Waals surface area (Å²) in [5.41, 5.74) is 9.45. The lowest BCUT2D eigenvalue weighted by Crippen LogP contribution is -2.17. The second-order valence-corrected chi connectivity index (χ2v) is 4.20. The van der Waals surface area contributed by atoms with Crippen molar-refractivity contribution in [3.8, 4) is 5.82 Å². The van der Waals surface area contributed by atoms with E-state index in [1.54, 1.807) is 23.0 Å². The van der Waals surface area contributed by atoms with Crippen molar-refractivity contribution in [3.05, 3.63) is 40.8 Å². The molecule has 0 aliphatic carbocycles. The molecule has 2 rings (SSSR count). The Hall–Kier alpha value is -2.17. The number of hydrogen-bond donors (Lipinski definition) is 2. The van der Waals surface area contributed by atoms with E-state index in [9.17, 15) is 0 Å². The zero-order valence-electron chi connectivity index (χ0n) is 10.9. The van der Waals surface area contributed by atoms with Crippen molar-refractivity contribution in [1.29, 1.82) is 5.41 Å². The molecule has 3 N–H and O–H groups in total. The molecule has 0 amide bonds. The van der Waals surface area contributed by atoms with Crippen LogP contribution < -0.4 is 5.73 Å². The molecule has 0 radical (unpaired) electrons. The smallest absolute Gasteiger partial charge is 0.164 e. The molecular weight excluding hydrogens is 226 g/mol. The Morgan fingerprint density at radius 1 is 1.44 bits per heavy atom. The third-order valence-corrected chi connectivity index (χ3v) is 3.07. The Bertz CT molecular complexity index is 597. The first-order valence-corrected chi connectivity index (χ1v) is 5.91. The van der Waals surface area contributed by atoms with Crippen LogP contribution in [0, 0.1) is 19.3 Å². The predicted octanol–water partition coefficient (Wildman–Crippen LogP) is 1.73. The first-order valence-electron chi connectivity index (χ1n) is 5.91. The van der Waals surface area contributed by atoms with Crippen LogP contribution in [0.3, 0.4) is 0 Å². The number of aromatic nitrogens is 3. The number of pyridine rings is 1. The van der Waals surface area contributed by atoms with Crippen LogP contribution in [0.25, 0.3) is 5.82 Å². The van der Waals surface area contributed by atoms with Gasteiger partial charge >= 0.3 is 0 Å². The summed E-state index contributed by atoms with van der Waals surface area (Å²) in [7, 11) is 0. The average Bonchev–Trinajstić information content (AvgIpc) is 2.64. The molecule has 0 unspecified atom stereocenters. The molecule has 18 heavy (non-hydrogen) atoms. The standard InChI is InChI=1S/C13H17N5/c1-4-10-8(2)17-18(9(10)3)13-11(12(14)15)6-5-7-16-13/h5-7H,4H2,1-3H3,(H3,14,15). The SMILES string of the molecule is CCc1c(C)nn(-c2ncccc2C(=N)N)c1C. The van der Waals surface area contributed by atoms with Gasteiger partial charge in [-0.2, -0.15) is 5.10 Å². The van der Waals surface area contributed by atoms with Gasteiger partial charge in [0.05, 0.1) is 11.3 Å². The number of aryl methyl sites for hydroxylation is 1. The van der Waals surface area contributed by atoms with Gasteiger partial charge in [-0.3, -0.25) is 5.41 Å². The van der Waals surface area contributed by atoms with E-state index in [0.29, 0.717) is 11.4 Å². The highest BCUT2D eigenvalue weighted by molar-refractivity contribution is 5.97. The van der Waals surface area contributed by atoms with Crippen LogP contribution in [-0.2, 0) is 6.42 Å². The monoisotopic (exact) mass is 243 g/mol. The van der Waals surface area contributed by atoms with Crippen LogP contribution in [0.5, 0.6) is 0 Å². The maximum Gasteiger partial charge on any atom is 0.164 e. The van der Waals surface area contributed by atoms with E-state index in [-0.39, 0.29) is 5.84 Å². The van der Waals surface area contributed by atoms with Gasteiger partial charge in [-0.05, 0) is 38.0 Å². The van der Waals surface area contributed by atoms with Gasteiger partial charge in [0.15, 0.2) is 5.82 Å². The predicted molar refractivity (Wildman–Crippen MR) is 71.2 cm³/mol. The van der Waals surface area contributed by atoms with E-state index >= 15 is 0 Å². The van der Waals surface area contributed by atoms with Gasteiger partial charge in [0.2, 0.25) is 0 Å². The first kappa shape index (κ1) is 12.3. The lowest BCUT2D eigenvalue weighted by atomic mass is 10.1. The third-order valence-electron chi connectivity index (χ3n) is 3.07. The lowest BCUT2D eigenvalue weighted by Gasteiger charge is -2.08. The minimum Gasteiger partial charge on any atom is -0.384 e. The van der Waals surface area contributed by atoms with E-state index in [4.69, 9.17) is 11.1 Å².